The standard InChI is InChI=1S/C24H27N7O2S/c1-3-4-7-18-8-5-6-9-20(18)31-21(32)14-34-24(31)27-23(33)30-28-16(2)17-10-12-19(13-11-17)22-25-15-26-29-22/h5-6,8-13,15-16,28H,3-4,7,14H2,1-2H3,(H,30,33)(H,25,26,29). The van der Waals surface area contributed by atoms with E-state index in [1.54, 1.807) is 4.90 Å². The Morgan fingerprint density at radius 1 is 1.24 bits per heavy atom. The lowest BCUT2D eigenvalue weighted by atomic mass is 10.1. The molecule has 0 radical (unpaired) electrons. The first-order valence-electron chi connectivity index (χ1n) is 11.2. The van der Waals surface area contributed by atoms with Crippen molar-refractivity contribution in [2.45, 2.75) is 39.2 Å². The van der Waals surface area contributed by atoms with Crippen molar-refractivity contribution in [3.63, 3.8) is 0 Å². The van der Waals surface area contributed by atoms with Crippen LogP contribution in [0.4, 0.5) is 10.5 Å². The maximum atomic E-state index is 12.6. The van der Waals surface area contributed by atoms with Gasteiger partial charge in [-0.15, -0.1) is 0 Å². The number of nitrogens with one attached hydrogen (secondary N) is 3. The van der Waals surface area contributed by atoms with Gasteiger partial charge in [0.15, 0.2) is 11.0 Å². The molecule has 1 unspecified atom stereocenters. The molecule has 4 rings (SSSR count). The second kappa shape index (κ2) is 11.1. The molecule has 3 amide bonds. The van der Waals surface area contributed by atoms with Crippen molar-refractivity contribution < 1.29 is 9.59 Å². The summed E-state index contributed by atoms with van der Waals surface area (Å²) in [7, 11) is 0. The zero-order valence-electron chi connectivity index (χ0n) is 19.1. The van der Waals surface area contributed by atoms with Crippen LogP contribution in [0.2, 0.25) is 0 Å². The first kappa shape index (κ1) is 23.7. The van der Waals surface area contributed by atoms with Gasteiger partial charge in [-0.2, -0.15) is 10.1 Å². The highest BCUT2D eigenvalue weighted by Crippen LogP contribution is 2.30. The Balaban J connectivity index is 1.40. The molecule has 1 aliphatic heterocycles. The number of hydrogen-bond donors (Lipinski definition) is 3. The topological polar surface area (TPSA) is 115 Å². The molecular formula is C24H27N7O2S. The normalized spacial score (nSPS) is 15.6. The first-order valence-corrected chi connectivity index (χ1v) is 12.2. The summed E-state index contributed by atoms with van der Waals surface area (Å²) in [6.45, 7) is 4.07. The van der Waals surface area contributed by atoms with E-state index >= 15 is 0 Å². The van der Waals surface area contributed by atoms with Gasteiger partial charge in [0.1, 0.15) is 6.33 Å². The van der Waals surface area contributed by atoms with Crippen LogP contribution in [0.1, 0.15) is 43.9 Å². The van der Waals surface area contributed by atoms with Crippen LogP contribution in [0.5, 0.6) is 0 Å². The molecule has 2 heterocycles. The van der Waals surface area contributed by atoms with E-state index in [4.69, 9.17) is 0 Å². The summed E-state index contributed by atoms with van der Waals surface area (Å²) in [6, 6.07) is 14.9. The number of aliphatic imine (C=N–C) groups is 1. The number of aromatic nitrogens is 3. The van der Waals surface area contributed by atoms with Crippen molar-refractivity contribution in [3.05, 3.63) is 66.0 Å². The summed E-state index contributed by atoms with van der Waals surface area (Å²) in [5.74, 6) is 0.879. The SMILES string of the molecule is CCCCc1ccccc1N1C(=O)CSC1=NC(=O)NNC(C)c1ccc(-c2ncn[nH]2)cc1. The smallest absolute Gasteiger partial charge is 0.273 e. The van der Waals surface area contributed by atoms with Crippen LogP contribution in [0.3, 0.4) is 0 Å². The molecule has 1 aromatic heterocycles. The van der Waals surface area contributed by atoms with Crippen LogP contribution in [-0.4, -0.2) is 38.0 Å². The Morgan fingerprint density at radius 3 is 2.76 bits per heavy atom. The molecule has 0 spiro atoms. The predicted octanol–water partition coefficient (Wildman–Crippen LogP) is 4.23. The number of amides is 3. The van der Waals surface area contributed by atoms with Gasteiger partial charge in [0.2, 0.25) is 5.91 Å². The van der Waals surface area contributed by atoms with Crippen molar-refractivity contribution in [1.82, 2.24) is 26.0 Å². The van der Waals surface area contributed by atoms with Crippen molar-refractivity contribution in [2.24, 2.45) is 4.99 Å². The van der Waals surface area contributed by atoms with E-state index in [-0.39, 0.29) is 17.7 Å². The van der Waals surface area contributed by atoms with Crippen LogP contribution in [0, 0.1) is 0 Å². The second-order valence-electron chi connectivity index (χ2n) is 7.90. The lowest BCUT2D eigenvalue weighted by Crippen LogP contribution is -2.39. The average Bonchev–Trinajstić information content (AvgIpc) is 3.52. The number of nitrogens with zero attached hydrogens (tertiary/aromatic N) is 4. The van der Waals surface area contributed by atoms with Gasteiger partial charge in [-0.1, -0.05) is 67.6 Å². The molecule has 0 saturated carbocycles. The van der Waals surface area contributed by atoms with Crippen LogP contribution < -0.4 is 15.8 Å². The Labute approximate surface area is 202 Å². The van der Waals surface area contributed by atoms with E-state index in [1.165, 1.54) is 18.1 Å². The number of unbranched alkanes of at least 4 members (excludes halogenated alkanes) is 1. The van der Waals surface area contributed by atoms with E-state index in [2.05, 4.69) is 37.9 Å². The molecular weight excluding hydrogens is 450 g/mol. The molecule has 0 bridgehead atoms. The number of aryl methyl sites for hydroxylation is 1. The minimum Gasteiger partial charge on any atom is -0.273 e. The van der Waals surface area contributed by atoms with Crippen LogP contribution >= 0.6 is 11.8 Å². The molecule has 1 aliphatic rings. The van der Waals surface area contributed by atoms with Crippen molar-refractivity contribution in [2.75, 3.05) is 10.7 Å². The summed E-state index contributed by atoms with van der Waals surface area (Å²) in [5, 5.41) is 7.08. The number of aromatic amines is 1. The van der Waals surface area contributed by atoms with Crippen LogP contribution in [0.25, 0.3) is 11.4 Å². The largest absolute Gasteiger partial charge is 0.357 e. The quantitative estimate of drug-likeness (QED) is 0.418. The van der Waals surface area contributed by atoms with Gasteiger partial charge in [-0.05, 0) is 37.0 Å². The Bertz CT molecular complexity index is 1160. The molecule has 1 atom stereocenters. The highest BCUT2D eigenvalue weighted by molar-refractivity contribution is 8.15. The molecule has 9 nitrogen and oxygen atoms in total. The number of urea groups is 1. The summed E-state index contributed by atoms with van der Waals surface area (Å²) in [6.07, 6.45) is 4.42. The molecule has 176 valence electrons. The highest BCUT2D eigenvalue weighted by atomic mass is 32.2. The monoisotopic (exact) mass is 477 g/mol. The first-order chi connectivity index (χ1) is 16.6. The van der Waals surface area contributed by atoms with Gasteiger partial charge in [-0.25, -0.2) is 15.2 Å². The fourth-order valence-corrected chi connectivity index (χ4v) is 4.49. The maximum Gasteiger partial charge on any atom is 0.357 e. The van der Waals surface area contributed by atoms with Crippen molar-refractivity contribution in [1.29, 1.82) is 0 Å². The number of H-pyrrole nitrogens is 1. The van der Waals surface area contributed by atoms with Gasteiger partial charge in [0, 0.05) is 11.6 Å². The van der Waals surface area contributed by atoms with E-state index in [0.717, 1.165) is 41.6 Å². The third-order valence-corrected chi connectivity index (χ3v) is 6.41. The number of amidine groups is 1. The number of carbonyl (C=O) groups excluding carboxylic acids is 2. The molecule has 0 aliphatic carbocycles. The van der Waals surface area contributed by atoms with Gasteiger partial charge < -0.3 is 0 Å². The second-order valence-corrected chi connectivity index (χ2v) is 8.84. The summed E-state index contributed by atoms with van der Waals surface area (Å²) in [4.78, 5) is 35.0. The van der Waals surface area contributed by atoms with E-state index in [1.807, 2.05) is 55.5 Å². The van der Waals surface area contributed by atoms with E-state index in [0.29, 0.717) is 11.0 Å². The maximum absolute atomic E-state index is 12.6. The fraction of sp³-hybridized carbons (Fsp3) is 0.292. The number of hydrogen-bond acceptors (Lipinski definition) is 6. The predicted molar refractivity (Wildman–Crippen MR) is 134 cm³/mol. The number of para-hydroxylation sites is 1. The Kier molecular flexibility index (Phi) is 7.71. The fourth-order valence-electron chi connectivity index (χ4n) is 3.63. The molecule has 10 heteroatoms. The van der Waals surface area contributed by atoms with Gasteiger partial charge in [0.25, 0.3) is 0 Å². The number of anilines is 1. The minimum absolute atomic E-state index is 0.0753. The van der Waals surface area contributed by atoms with Gasteiger partial charge in [-0.3, -0.25) is 20.2 Å². The number of benzene rings is 2. The number of thioether (sulfide) groups is 1. The van der Waals surface area contributed by atoms with Gasteiger partial charge >= 0.3 is 6.03 Å². The minimum atomic E-state index is -0.557. The lowest BCUT2D eigenvalue weighted by Gasteiger charge is -2.20. The zero-order chi connectivity index (χ0) is 23.9. The molecule has 2 aromatic carbocycles. The zero-order valence-corrected chi connectivity index (χ0v) is 19.9. The van der Waals surface area contributed by atoms with Crippen LogP contribution in [0.15, 0.2) is 59.9 Å². The third-order valence-electron chi connectivity index (χ3n) is 5.49. The molecule has 3 aromatic rings. The Hall–Kier alpha value is -3.50. The Morgan fingerprint density at radius 2 is 2.03 bits per heavy atom. The van der Waals surface area contributed by atoms with Gasteiger partial charge in [0.05, 0.1) is 11.4 Å². The summed E-state index contributed by atoms with van der Waals surface area (Å²) >= 11 is 1.27. The third kappa shape index (κ3) is 5.52. The molecule has 1 saturated heterocycles. The lowest BCUT2D eigenvalue weighted by molar-refractivity contribution is -0.115. The highest BCUT2D eigenvalue weighted by Gasteiger charge is 2.31. The number of carbonyl (C=O) groups is 2. The summed E-state index contributed by atoms with van der Waals surface area (Å²) < 4.78 is 0. The molecule has 3 N–H and O–H groups in total. The van der Waals surface area contributed by atoms with Crippen molar-refractivity contribution in [3.8, 4) is 11.4 Å². The van der Waals surface area contributed by atoms with E-state index in [9.17, 15) is 9.59 Å². The number of hydrazine groups is 1. The van der Waals surface area contributed by atoms with Crippen molar-refractivity contribution >= 4 is 34.6 Å². The summed E-state index contributed by atoms with van der Waals surface area (Å²) in [5.41, 5.74) is 9.38. The molecule has 34 heavy (non-hydrogen) atoms. The number of rotatable bonds is 8. The molecule has 1 fully saturated rings. The van der Waals surface area contributed by atoms with Crippen LogP contribution in [-0.2, 0) is 11.2 Å². The average molecular weight is 478 g/mol. The van der Waals surface area contributed by atoms with E-state index < -0.39 is 6.03 Å².